The summed E-state index contributed by atoms with van der Waals surface area (Å²) in [4.78, 5) is 0. The molecule has 8 heteroatoms. The van der Waals surface area contributed by atoms with Gasteiger partial charge >= 0.3 is 0 Å². The van der Waals surface area contributed by atoms with Crippen molar-refractivity contribution in [2.24, 2.45) is 0 Å². The molecule has 0 heterocycles. The summed E-state index contributed by atoms with van der Waals surface area (Å²) in [6.45, 7) is -0.141. The van der Waals surface area contributed by atoms with Crippen molar-refractivity contribution in [2.75, 3.05) is 19.3 Å². The number of hydrogen-bond acceptors (Lipinski definition) is 4. The van der Waals surface area contributed by atoms with E-state index < -0.39 is 20.0 Å². The number of rotatable bonds is 7. The highest BCUT2D eigenvalue weighted by molar-refractivity contribution is 7.90. The van der Waals surface area contributed by atoms with E-state index in [1.54, 1.807) is 30.3 Å². The lowest BCUT2D eigenvalue weighted by molar-refractivity contribution is 0.578. The summed E-state index contributed by atoms with van der Waals surface area (Å²) >= 11 is 0. The van der Waals surface area contributed by atoms with E-state index in [1.165, 1.54) is 7.05 Å². The van der Waals surface area contributed by atoms with Crippen molar-refractivity contribution in [1.82, 2.24) is 9.44 Å². The Morgan fingerprint density at radius 2 is 1.61 bits per heavy atom. The fourth-order valence-corrected chi connectivity index (χ4v) is 3.13. The molecule has 0 radical (unpaired) electrons. The van der Waals surface area contributed by atoms with Crippen LogP contribution in [0.5, 0.6) is 0 Å². The van der Waals surface area contributed by atoms with E-state index in [2.05, 4.69) is 9.44 Å². The molecule has 18 heavy (non-hydrogen) atoms. The molecule has 0 unspecified atom stereocenters. The third kappa shape index (κ3) is 5.58. The van der Waals surface area contributed by atoms with Crippen molar-refractivity contribution in [2.45, 2.75) is 5.75 Å². The first kappa shape index (κ1) is 15.1. The molecule has 0 spiro atoms. The second kappa shape index (κ2) is 6.28. The molecule has 1 aromatic carbocycles. The van der Waals surface area contributed by atoms with Gasteiger partial charge in [0.05, 0.1) is 11.5 Å². The topological polar surface area (TPSA) is 92.3 Å². The Bertz CT molecular complexity index is 567. The summed E-state index contributed by atoms with van der Waals surface area (Å²) in [5.41, 5.74) is 0.654. The van der Waals surface area contributed by atoms with Crippen molar-refractivity contribution in [3.63, 3.8) is 0 Å². The highest BCUT2D eigenvalue weighted by Crippen LogP contribution is 2.03. The number of hydrogen-bond donors (Lipinski definition) is 2. The van der Waals surface area contributed by atoms with Crippen molar-refractivity contribution >= 4 is 20.0 Å². The second-order valence-electron chi connectivity index (χ2n) is 3.66. The van der Waals surface area contributed by atoms with Crippen LogP contribution in [-0.2, 0) is 25.8 Å². The number of benzene rings is 1. The molecule has 0 saturated heterocycles. The van der Waals surface area contributed by atoms with Gasteiger partial charge in [-0.2, -0.15) is 0 Å². The molecule has 1 aromatic rings. The molecule has 0 fully saturated rings. The Balaban J connectivity index is 2.51. The molecule has 0 aliphatic heterocycles. The minimum Gasteiger partial charge on any atom is -0.218 e. The zero-order valence-electron chi connectivity index (χ0n) is 9.96. The van der Waals surface area contributed by atoms with Crippen LogP contribution >= 0.6 is 0 Å². The first-order chi connectivity index (χ1) is 8.35. The van der Waals surface area contributed by atoms with Crippen LogP contribution in [0.4, 0.5) is 0 Å². The smallest absolute Gasteiger partial charge is 0.215 e. The van der Waals surface area contributed by atoms with E-state index in [0.29, 0.717) is 5.56 Å². The fourth-order valence-electron chi connectivity index (χ4n) is 1.28. The summed E-state index contributed by atoms with van der Waals surface area (Å²) in [6, 6.07) is 8.68. The molecular weight excluding hydrogens is 276 g/mol. The maximum Gasteiger partial charge on any atom is 0.215 e. The first-order valence-corrected chi connectivity index (χ1v) is 8.57. The van der Waals surface area contributed by atoms with Crippen molar-refractivity contribution in [3.8, 4) is 0 Å². The number of sulfonamides is 2. The van der Waals surface area contributed by atoms with Crippen LogP contribution in [-0.4, -0.2) is 36.2 Å². The third-order valence-corrected chi connectivity index (χ3v) is 4.92. The van der Waals surface area contributed by atoms with E-state index in [-0.39, 0.29) is 18.1 Å². The van der Waals surface area contributed by atoms with Crippen LogP contribution in [0.3, 0.4) is 0 Å². The van der Waals surface area contributed by atoms with Crippen LogP contribution in [0.25, 0.3) is 0 Å². The maximum absolute atomic E-state index is 11.6. The Labute approximate surface area is 108 Å². The van der Waals surface area contributed by atoms with Gasteiger partial charge in [-0.15, -0.1) is 0 Å². The Kier molecular flexibility index (Phi) is 5.27. The average Bonchev–Trinajstić information content (AvgIpc) is 2.29. The summed E-state index contributed by atoms with van der Waals surface area (Å²) in [5, 5.41) is 0. The molecule has 2 N–H and O–H groups in total. The molecule has 0 saturated carbocycles. The van der Waals surface area contributed by atoms with E-state index >= 15 is 0 Å². The predicted octanol–water partition coefficient (Wildman–Crippen LogP) is -0.345. The maximum atomic E-state index is 11.6. The molecule has 0 aliphatic rings. The molecule has 0 atom stereocenters. The van der Waals surface area contributed by atoms with Gasteiger partial charge in [-0.3, -0.25) is 0 Å². The molecule has 0 amide bonds. The van der Waals surface area contributed by atoms with Crippen LogP contribution in [0, 0.1) is 0 Å². The third-order valence-electron chi connectivity index (χ3n) is 2.20. The van der Waals surface area contributed by atoms with Crippen LogP contribution in [0.2, 0.25) is 0 Å². The van der Waals surface area contributed by atoms with Gasteiger partial charge < -0.3 is 0 Å². The largest absolute Gasteiger partial charge is 0.218 e. The van der Waals surface area contributed by atoms with Crippen LogP contribution in [0.15, 0.2) is 30.3 Å². The average molecular weight is 292 g/mol. The van der Waals surface area contributed by atoms with Crippen LogP contribution in [0.1, 0.15) is 5.56 Å². The molecular formula is C10H16N2O4S2. The van der Waals surface area contributed by atoms with Gasteiger partial charge in [-0.25, -0.2) is 26.3 Å². The molecule has 102 valence electrons. The quantitative estimate of drug-likeness (QED) is 0.719. The van der Waals surface area contributed by atoms with E-state index in [4.69, 9.17) is 0 Å². The van der Waals surface area contributed by atoms with Gasteiger partial charge in [-0.05, 0) is 12.6 Å². The zero-order valence-corrected chi connectivity index (χ0v) is 11.6. The van der Waals surface area contributed by atoms with E-state index in [9.17, 15) is 16.8 Å². The first-order valence-electron chi connectivity index (χ1n) is 5.27. The summed E-state index contributed by atoms with van der Waals surface area (Å²) in [5.74, 6) is -0.440. The highest BCUT2D eigenvalue weighted by atomic mass is 32.2. The Hall–Kier alpha value is -0.960. The minimum absolute atomic E-state index is 0.141. The number of nitrogens with one attached hydrogen (secondary N) is 2. The Morgan fingerprint density at radius 1 is 1.00 bits per heavy atom. The van der Waals surface area contributed by atoms with Gasteiger partial charge in [0.25, 0.3) is 0 Å². The van der Waals surface area contributed by atoms with Gasteiger partial charge in [0, 0.05) is 6.54 Å². The van der Waals surface area contributed by atoms with E-state index in [1.807, 2.05) is 0 Å². The van der Waals surface area contributed by atoms with Gasteiger partial charge in [0.1, 0.15) is 0 Å². The standard InChI is InChI=1S/C10H16N2O4S2/c1-11-17(13,14)8-7-12-18(15,16)9-10-5-3-2-4-6-10/h2-6,11-12H,7-9H2,1H3. The van der Waals surface area contributed by atoms with E-state index in [0.717, 1.165) is 0 Å². The van der Waals surface area contributed by atoms with Crippen molar-refractivity contribution in [3.05, 3.63) is 35.9 Å². The summed E-state index contributed by atoms with van der Waals surface area (Å²) in [6.07, 6.45) is 0. The molecule has 0 bridgehead atoms. The predicted molar refractivity (Wildman–Crippen MR) is 69.9 cm³/mol. The van der Waals surface area contributed by atoms with Crippen LogP contribution < -0.4 is 9.44 Å². The molecule has 0 aliphatic carbocycles. The lowest BCUT2D eigenvalue weighted by Crippen LogP contribution is -2.33. The fraction of sp³-hybridized carbons (Fsp3) is 0.400. The molecule has 0 aromatic heterocycles. The second-order valence-corrected chi connectivity index (χ2v) is 7.51. The van der Waals surface area contributed by atoms with Crippen molar-refractivity contribution in [1.29, 1.82) is 0 Å². The van der Waals surface area contributed by atoms with Gasteiger partial charge in [0.2, 0.25) is 20.0 Å². The Morgan fingerprint density at radius 3 is 2.17 bits per heavy atom. The summed E-state index contributed by atoms with van der Waals surface area (Å²) in [7, 11) is -5.61. The zero-order chi connectivity index (χ0) is 13.6. The molecule has 6 nitrogen and oxygen atoms in total. The van der Waals surface area contributed by atoms with Gasteiger partial charge in [-0.1, -0.05) is 30.3 Å². The minimum atomic E-state index is -3.51. The SMILES string of the molecule is CNS(=O)(=O)CCNS(=O)(=O)Cc1ccccc1. The van der Waals surface area contributed by atoms with Crippen molar-refractivity contribution < 1.29 is 16.8 Å². The lowest BCUT2D eigenvalue weighted by atomic mass is 10.2. The van der Waals surface area contributed by atoms with Gasteiger partial charge in [0.15, 0.2) is 0 Å². The highest BCUT2D eigenvalue weighted by Gasteiger charge is 2.13. The normalized spacial score (nSPS) is 12.5. The monoisotopic (exact) mass is 292 g/mol. The lowest BCUT2D eigenvalue weighted by Gasteiger charge is -2.06. The summed E-state index contributed by atoms with van der Waals surface area (Å²) < 4.78 is 49.9. The molecule has 1 rings (SSSR count).